The Bertz CT molecular complexity index is 796. The molecule has 0 aliphatic rings. The molecule has 6 heteroatoms. The molecule has 0 saturated heterocycles. The summed E-state index contributed by atoms with van der Waals surface area (Å²) >= 11 is 0. The zero-order valence-electron chi connectivity index (χ0n) is 14.9. The van der Waals surface area contributed by atoms with Gasteiger partial charge >= 0.3 is 5.97 Å². The van der Waals surface area contributed by atoms with Crippen LogP contribution in [0.2, 0.25) is 0 Å². The minimum absolute atomic E-state index is 0.288. The van der Waals surface area contributed by atoms with E-state index in [0.29, 0.717) is 29.4 Å². The van der Waals surface area contributed by atoms with Crippen LogP contribution in [0.25, 0.3) is 6.08 Å². The van der Waals surface area contributed by atoms with E-state index in [2.05, 4.69) is 5.32 Å². The van der Waals surface area contributed by atoms with Gasteiger partial charge in [-0.25, -0.2) is 4.79 Å². The van der Waals surface area contributed by atoms with Crippen molar-refractivity contribution in [1.29, 1.82) is 0 Å². The van der Waals surface area contributed by atoms with Gasteiger partial charge in [0.2, 0.25) is 5.91 Å². The van der Waals surface area contributed by atoms with Crippen molar-refractivity contribution in [2.75, 3.05) is 26.1 Å². The van der Waals surface area contributed by atoms with Gasteiger partial charge in [0.15, 0.2) is 11.5 Å². The molecule has 0 spiro atoms. The predicted molar refractivity (Wildman–Crippen MR) is 99.6 cm³/mol. The van der Waals surface area contributed by atoms with Crippen molar-refractivity contribution in [2.45, 2.75) is 6.92 Å². The second-order valence-corrected chi connectivity index (χ2v) is 5.23. The Morgan fingerprint density at radius 2 is 1.69 bits per heavy atom. The van der Waals surface area contributed by atoms with Crippen LogP contribution in [-0.4, -0.2) is 32.7 Å². The van der Waals surface area contributed by atoms with Crippen LogP contribution in [0.5, 0.6) is 11.5 Å². The number of rotatable bonds is 7. The molecule has 1 amide bonds. The number of nitrogens with one attached hydrogen (secondary N) is 1. The van der Waals surface area contributed by atoms with E-state index in [1.807, 2.05) is 6.07 Å². The summed E-state index contributed by atoms with van der Waals surface area (Å²) < 4.78 is 15.3. The zero-order chi connectivity index (χ0) is 18.9. The Balaban J connectivity index is 2.00. The Hall–Kier alpha value is -3.28. The molecule has 0 heterocycles. The van der Waals surface area contributed by atoms with E-state index in [1.54, 1.807) is 63.6 Å². The Labute approximate surface area is 152 Å². The lowest BCUT2D eigenvalue weighted by atomic mass is 10.2. The standard InChI is InChI=1S/C20H21NO5/c1-4-26-20(23)15-7-9-16(10-8-15)21-19(22)12-6-14-5-11-17(24-2)18(13-14)25-3/h5-13H,4H2,1-3H3,(H,21,22). The second-order valence-electron chi connectivity index (χ2n) is 5.23. The third-order valence-electron chi connectivity index (χ3n) is 3.50. The van der Waals surface area contributed by atoms with Crippen molar-refractivity contribution in [3.05, 3.63) is 59.7 Å². The van der Waals surface area contributed by atoms with E-state index in [9.17, 15) is 9.59 Å². The highest BCUT2D eigenvalue weighted by molar-refractivity contribution is 6.02. The smallest absolute Gasteiger partial charge is 0.338 e. The number of hydrogen-bond acceptors (Lipinski definition) is 5. The van der Waals surface area contributed by atoms with Gasteiger partial charge in [-0.2, -0.15) is 0 Å². The first kappa shape index (κ1) is 19.1. The molecular weight excluding hydrogens is 334 g/mol. The molecule has 136 valence electrons. The molecule has 26 heavy (non-hydrogen) atoms. The van der Waals surface area contributed by atoms with Gasteiger partial charge in [0.05, 0.1) is 26.4 Å². The van der Waals surface area contributed by atoms with Gasteiger partial charge in [-0.1, -0.05) is 6.07 Å². The van der Waals surface area contributed by atoms with Gasteiger partial charge in [0.25, 0.3) is 0 Å². The van der Waals surface area contributed by atoms with E-state index in [1.165, 1.54) is 6.08 Å². The maximum Gasteiger partial charge on any atom is 0.338 e. The van der Waals surface area contributed by atoms with Gasteiger partial charge in [-0.3, -0.25) is 4.79 Å². The van der Waals surface area contributed by atoms with Crippen molar-refractivity contribution in [2.24, 2.45) is 0 Å². The zero-order valence-corrected chi connectivity index (χ0v) is 14.9. The topological polar surface area (TPSA) is 73.9 Å². The maximum atomic E-state index is 12.0. The summed E-state index contributed by atoms with van der Waals surface area (Å²) in [5, 5.41) is 2.73. The van der Waals surface area contributed by atoms with Crippen LogP contribution in [0.3, 0.4) is 0 Å². The summed E-state index contributed by atoms with van der Waals surface area (Å²) in [6.45, 7) is 2.06. The molecule has 0 saturated carbocycles. The number of hydrogen-bond donors (Lipinski definition) is 1. The maximum absolute atomic E-state index is 12.0. The average Bonchev–Trinajstić information content (AvgIpc) is 2.66. The van der Waals surface area contributed by atoms with Crippen molar-refractivity contribution < 1.29 is 23.8 Å². The quantitative estimate of drug-likeness (QED) is 0.607. The van der Waals surface area contributed by atoms with Crippen LogP contribution >= 0.6 is 0 Å². The van der Waals surface area contributed by atoms with Crippen LogP contribution < -0.4 is 14.8 Å². The minimum Gasteiger partial charge on any atom is -0.493 e. The van der Waals surface area contributed by atoms with E-state index >= 15 is 0 Å². The molecule has 0 bridgehead atoms. The number of esters is 1. The molecule has 2 aromatic carbocycles. The molecule has 0 aliphatic carbocycles. The molecule has 0 radical (unpaired) electrons. The second kappa shape index (κ2) is 9.27. The Morgan fingerprint density at radius 3 is 2.31 bits per heavy atom. The molecule has 0 aliphatic heterocycles. The summed E-state index contributed by atoms with van der Waals surface area (Å²) in [7, 11) is 3.12. The number of anilines is 1. The lowest BCUT2D eigenvalue weighted by Crippen LogP contribution is -2.08. The summed E-state index contributed by atoms with van der Waals surface area (Å²) in [6.07, 6.45) is 3.09. The fraction of sp³-hybridized carbons (Fsp3) is 0.200. The molecule has 0 atom stereocenters. The summed E-state index contributed by atoms with van der Waals surface area (Å²) in [6, 6.07) is 11.9. The van der Waals surface area contributed by atoms with Crippen LogP contribution in [-0.2, 0) is 9.53 Å². The highest BCUT2D eigenvalue weighted by atomic mass is 16.5. The van der Waals surface area contributed by atoms with E-state index in [-0.39, 0.29) is 5.91 Å². The molecule has 0 aromatic heterocycles. The van der Waals surface area contributed by atoms with E-state index in [0.717, 1.165) is 5.56 Å². The fourth-order valence-electron chi connectivity index (χ4n) is 2.22. The Morgan fingerprint density at radius 1 is 1.00 bits per heavy atom. The van der Waals surface area contributed by atoms with Crippen molar-refractivity contribution in [3.63, 3.8) is 0 Å². The van der Waals surface area contributed by atoms with E-state index in [4.69, 9.17) is 14.2 Å². The van der Waals surface area contributed by atoms with Crippen molar-refractivity contribution in [3.8, 4) is 11.5 Å². The number of amides is 1. The number of carbonyl (C=O) groups excluding carboxylic acids is 2. The van der Waals surface area contributed by atoms with Gasteiger partial charge in [-0.05, 0) is 55.0 Å². The lowest BCUT2D eigenvalue weighted by Gasteiger charge is -2.07. The molecule has 1 N–H and O–H groups in total. The number of benzene rings is 2. The first-order chi connectivity index (χ1) is 12.6. The molecule has 0 fully saturated rings. The minimum atomic E-state index is -0.390. The van der Waals surface area contributed by atoms with Crippen LogP contribution in [0.1, 0.15) is 22.8 Å². The molecule has 2 aromatic rings. The first-order valence-electron chi connectivity index (χ1n) is 8.05. The third-order valence-corrected chi connectivity index (χ3v) is 3.50. The predicted octanol–water partition coefficient (Wildman–Crippen LogP) is 3.53. The molecular formula is C20H21NO5. The molecule has 6 nitrogen and oxygen atoms in total. The summed E-state index contributed by atoms with van der Waals surface area (Å²) in [5.74, 6) is 0.530. The summed E-state index contributed by atoms with van der Waals surface area (Å²) in [4.78, 5) is 23.6. The van der Waals surface area contributed by atoms with Crippen molar-refractivity contribution in [1.82, 2.24) is 0 Å². The highest BCUT2D eigenvalue weighted by Gasteiger charge is 2.06. The normalized spacial score (nSPS) is 10.4. The van der Waals surface area contributed by atoms with E-state index < -0.39 is 5.97 Å². The van der Waals surface area contributed by atoms with Crippen LogP contribution in [0.4, 0.5) is 5.69 Å². The summed E-state index contributed by atoms with van der Waals surface area (Å²) in [5.41, 5.74) is 1.82. The number of methoxy groups -OCH3 is 2. The van der Waals surface area contributed by atoms with Crippen LogP contribution in [0.15, 0.2) is 48.5 Å². The highest BCUT2D eigenvalue weighted by Crippen LogP contribution is 2.27. The van der Waals surface area contributed by atoms with Gasteiger partial charge in [-0.15, -0.1) is 0 Å². The lowest BCUT2D eigenvalue weighted by molar-refractivity contribution is -0.111. The fourth-order valence-corrected chi connectivity index (χ4v) is 2.22. The Kier molecular flexibility index (Phi) is 6.79. The third kappa shape index (κ3) is 5.11. The SMILES string of the molecule is CCOC(=O)c1ccc(NC(=O)C=Cc2ccc(OC)c(OC)c2)cc1. The van der Waals surface area contributed by atoms with Gasteiger partial charge < -0.3 is 19.5 Å². The van der Waals surface area contributed by atoms with Gasteiger partial charge in [0, 0.05) is 11.8 Å². The largest absolute Gasteiger partial charge is 0.493 e. The molecule has 0 unspecified atom stereocenters. The van der Waals surface area contributed by atoms with Crippen molar-refractivity contribution >= 4 is 23.6 Å². The van der Waals surface area contributed by atoms with Crippen LogP contribution in [0, 0.1) is 0 Å². The number of ether oxygens (including phenoxy) is 3. The monoisotopic (exact) mass is 355 g/mol. The first-order valence-corrected chi connectivity index (χ1v) is 8.05. The van der Waals surface area contributed by atoms with Gasteiger partial charge in [0.1, 0.15) is 0 Å². The number of carbonyl (C=O) groups is 2. The average molecular weight is 355 g/mol. The molecule has 2 rings (SSSR count).